The van der Waals surface area contributed by atoms with Gasteiger partial charge >= 0.3 is 0 Å². The van der Waals surface area contributed by atoms with Crippen molar-refractivity contribution in [3.05, 3.63) is 59.7 Å². The normalized spacial score (nSPS) is 25.2. The van der Waals surface area contributed by atoms with Crippen LogP contribution >= 0.6 is 0 Å². The lowest BCUT2D eigenvalue weighted by molar-refractivity contribution is -0.140. The molecule has 8 nitrogen and oxygen atoms in total. The molecule has 0 spiro atoms. The SMILES string of the molecule is CC[C@H](C)NC(=O)[C@H](CC)N(Cc1ccc(OC)cc1)C(=O)CN(c1ccc(C23CC4CC(CC(C4)C2)C3)cc1)S(C)(=O)=O. The Hall–Kier alpha value is -3.07. The van der Waals surface area contributed by atoms with Crippen LogP contribution in [0.2, 0.25) is 0 Å². The molecule has 4 fully saturated rings. The van der Waals surface area contributed by atoms with E-state index in [0.717, 1.165) is 36.0 Å². The highest BCUT2D eigenvalue weighted by Gasteiger charge is 2.51. The molecule has 2 atom stereocenters. The molecule has 0 aromatic heterocycles. The highest BCUT2D eigenvalue weighted by atomic mass is 32.2. The molecule has 0 unspecified atom stereocenters. The van der Waals surface area contributed by atoms with Gasteiger partial charge in [-0.3, -0.25) is 13.9 Å². The minimum Gasteiger partial charge on any atom is -0.497 e. The molecule has 0 aliphatic heterocycles. The zero-order chi connectivity index (χ0) is 31.6. The summed E-state index contributed by atoms with van der Waals surface area (Å²) in [6.07, 6.45) is 10.1. The molecule has 2 amide bonds. The number of carbonyl (C=O) groups excluding carboxylic acids is 2. The highest BCUT2D eigenvalue weighted by Crippen LogP contribution is 2.60. The number of sulfonamides is 1. The monoisotopic (exact) mass is 623 g/mol. The van der Waals surface area contributed by atoms with Gasteiger partial charge in [-0.2, -0.15) is 0 Å². The number of methoxy groups -OCH3 is 1. The van der Waals surface area contributed by atoms with Gasteiger partial charge in [-0.25, -0.2) is 8.42 Å². The first-order valence-electron chi connectivity index (χ1n) is 16.3. The number of nitrogens with zero attached hydrogens (tertiary/aromatic N) is 2. The molecule has 1 N–H and O–H groups in total. The van der Waals surface area contributed by atoms with Crippen molar-refractivity contribution in [2.45, 2.75) is 96.2 Å². The zero-order valence-corrected chi connectivity index (χ0v) is 27.7. The summed E-state index contributed by atoms with van der Waals surface area (Å²) in [4.78, 5) is 29.0. The molecule has 2 aromatic carbocycles. The van der Waals surface area contributed by atoms with Crippen LogP contribution in [0.4, 0.5) is 5.69 Å². The van der Waals surface area contributed by atoms with E-state index in [-0.39, 0.29) is 23.9 Å². The number of benzene rings is 2. The van der Waals surface area contributed by atoms with E-state index in [2.05, 4.69) is 17.4 Å². The molecule has 6 rings (SSSR count). The van der Waals surface area contributed by atoms with Crippen LogP contribution in [-0.4, -0.2) is 57.1 Å². The van der Waals surface area contributed by atoms with Crippen molar-refractivity contribution in [1.29, 1.82) is 0 Å². The van der Waals surface area contributed by atoms with E-state index in [4.69, 9.17) is 4.74 Å². The minimum absolute atomic E-state index is 0.0468. The van der Waals surface area contributed by atoms with Gasteiger partial charge in [0.15, 0.2) is 0 Å². The Kier molecular flexibility index (Phi) is 9.64. The number of anilines is 1. The number of hydrogen-bond donors (Lipinski definition) is 1. The maximum atomic E-state index is 14.1. The number of hydrogen-bond acceptors (Lipinski definition) is 5. The number of nitrogens with one attached hydrogen (secondary N) is 1. The molecule has 44 heavy (non-hydrogen) atoms. The van der Waals surface area contributed by atoms with Gasteiger partial charge in [0.05, 0.1) is 19.1 Å². The fourth-order valence-electron chi connectivity index (χ4n) is 8.35. The van der Waals surface area contributed by atoms with Crippen LogP contribution in [-0.2, 0) is 31.6 Å². The summed E-state index contributed by atoms with van der Waals surface area (Å²) in [6.45, 7) is 5.56. The van der Waals surface area contributed by atoms with Crippen LogP contribution < -0.4 is 14.4 Å². The predicted molar refractivity (Wildman–Crippen MR) is 174 cm³/mol. The molecule has 240 valence electrons. The third kappa shape index (κ3) is 6.93. The lowest BCUT2D eigenvalue weighted by atomic mass is 9.48. The largest absolute Gasteiger partial charge is 0.497 e. The van der Waals surface area contributed by atoms with Crippen molar-refractivity contribution in [2.75, 3.05) is 24.2 Å². The Morgan fingerprint density at radius 3 is 1.98 bits per heavy atom. The van der Waals surface area contributed by atoms with E-state index >= 15 is 0 Å². The summed E-state index contributed by atoms with van der Waals surface area (Å²) in [6, 6.07) is 14.5. The zero-order valence-electron chi connectivity index (χ0n) is 26.9. The lowest BCUT2D eigenvalue weighted by Gasteiger charge is -2.57. The fraction of sp³-hybridized carbons (Fsp3) is 0.600. The van der Waals surface area contributed by atoms with Gasteiger partial charge in [0.25, 0.3) is 0 Å². The van der Waals surface area contributed by atoms with Gasteiger partial charge < -0.3 is 15.0 Å². The third-order valence-corrected chi connectivity index (χ3v) is 11.5. The summed E-state index contributed by atoms with van der Waals surface area (Å²) in [5, 5.41) is 3.01. The van der Waals surface area contributed by atoms with Crippen molar-refractivity contribution in [3.63, 3.8) is 0 Å². The molecule has 0 heterocycles. The second kappa shape index (κ2) is 13.1. The van der Waals surface area contributed by atoms with Gasteiger partial charge in [0, 0.05) is 12.6 Å². The lowest BCUT2D eigenvalue weighted by Crippen LogP contribution is -2.53. The Morgan fingerprint density at radius 2 is 1.50 bits per heavy atom. The molecule has 0 radical (unpaired) electrons. The molecule has 9 heteroatoms. The van der Waals surface area contributed by atoms with E-state index in [9.17, 15) is 18.0 Å². The summed E-state index contributed by atoms with van der Waals surface area (Å²) in [5.74, 6) is 2.45. The van der Waals surface area contributed by atoms with Crippen LogP contribution in [0, 0.1) is 17.8 Å². The van der Waals surface area contributed by atoms with Gasteiger partial charge in [-0.1, -0.05) is 38.1 Å². The molecule has 4 aliphatic rings. The maximum absolute atomic E-state index is 14.1. The van der Waals surface area contributed by atoms with Gasteiger partial charge in [0.2, 0.25) is 21.8 Å². The first-order chi connectivity index (χ1) is 20.9. The summed E-state index contributed by atoms with van der Waals surface area (Å²) in [5.41, 5.74) is 2.79. The molecule has 4 aliphatic carbocycles. The molecule has 0 saturated heterocycles. The smallest absolute Gasteiger partial charge is 0.244 e. The van der Waals surface area contributed by atoms with Crippen LogP contribution in [0.1, 0.15) is 83.3 Å². The second-order valence-corrected chi connectivity index (χ2v) is 15.5. The second-order valence-electron chi connectivity index (χ2n) is 13.6. The molecular formula is C35H49N3O5S. The minimum atomic E-state index is -3.79. The number of carbonyl (C=O) groups is 2. The standard InChI is InChI=1S/C35H49N3O5S/c1-6-24(3)36-34(40)32(7-2)37(22-25-8-14-31(43-4)15-9-25)33(39)23-38(44(5,41)42)30-12-10-29(11-13-30)35-19-26-16-27(20-35)18-28(17-26)21-35/h8-15,24,26-28,32H,6-7,16-23H2,1-5H3,(H,36,40)/t24-,26?,27?,28?,32-,35?/m0/s1. The number of ether oxygens (including phenoxy) is 1. The van der Waals surface area contributed by atoms with Crippen molar-refractivity contribution in [1.82, 2.24) is 10.2 Å². The Labute approximate surface area is 263 Å². The average Bonchev–Trinajstić information content (AvgIpc) is 2.98. The molecule has 2 aromatic rings. The van der Waals surface area contributed by atoms with E-state index in [1.54, 1.807) is 7.11 Å². The third-order valence-electron chi connectivity index (χ3n) is 10.4. The number of amides is 2. The van der Waals surface area contributed by atoms with Crippen molar-refractivity contribution >= 4 is 27.5 Å². The van der Waals surface area contributed by atoms with Crippen molar-refractivity contribution in [3.8, 4) is 5.75 Å². The van der Waals surface area contributed by atoms with Crippen LogP contribution in [0.3, 0.4) is 0 Å². The van der Waals surface area contributed by atoms with Gasteiger partial charge in [0.1, 0.15) is 18.3 Å². The molecule has 4 bridgehead atoms. The molecule has 4 saturated carbocycles. The predicted octanol–water partition coefficient (Wildman–Crippen LogP) is 5.65. The summed E-state index contributed by atoms with van der Waals surface area (Å²) in [7, 11) is -2.20. The Bertz CT molecular complexity index is 1390. The maximum Gasteiger partial charge on any atom is 0.244 e. The first kappa shape index (κ1) is 32.3. The van der Waals surface area contributed by atoms with E-state index in [1.165, 1.54) is 53.3 Å². The first-order valence-corrected chi connectivity index (χ1v) is 18.1. The van der Waals surface area contributed by atoms with Crippen LogP contribution in [0.25, 0.3) is 0 Å². The quantitative estimate of drug-likeness (QED) is 0.311. The van der Waals surface area contributed by atoms with Crippen LogP contribution in [0.15, 0.2) is 48.5 Å². The average molecular weight is 624 g/mol. The van der Waals surface area contributed by atoms with E-state index in [0.29, 0.717) is 17.9 Å². The van der Waals surface area contributed by atoms with Crippen molar-refractivity contribution in [2.24, 2.45) is 17.8 Å². The Morgan fingerprint density at radius 1 is 0.932 bits per heavy atom. The number of rotatable bonds is 13. The topological polar surface area (TPSA) is 96.0 Å². The molecular weight excluding hydrogens is 574 g/mol. The van der Waals surface area contributed by atoms with Crippen molar-refractivity contribution < 1.29 is 22.7 Å². The van der Waals surface area contributed by atoms with Gasteiger partial charge in [-0.05, 0) is 117 Å². The highest BCUT2D eigenvalue weighted by molar-refractivity contribution is 7.92. The summed E-state index contributed by atoms with van der Waals surface area (Å²) >= 11 is 0. The van der Waals surface area contributed by atoms with Crippen LogP contribution in [0.5, 0.6) is 5.75 Å². The van der Waals surface area contributed by atoms with E-state index < -0.39 is 28.5 Å². The van der Waals surface area contributed by atoms with E-state index in [1.807, 2.05) is 57.2 Å². The summed E-state index contributed by atoms with van der Waals surface area (Å²) < 4.78 is 32.8. The van der Waals surface area contributed by atoms with Gasteiger partial charge in [-0.15, -0.1) is 0 Å². The fourth-order valence-corrected chi connectivity index (χ4v) is 9.20. The Balaban J connectivity index is 1.40.